The summed E-state index contributed by atoms with van der Waals surface area (Å²) in [5.74, 6) is 2.02. The first-order valence-electron chi connectivity index (χ1n) is 3.26. The summed E-state index contributed by atoms with van der Waals surface area (Å²) in [6, 6.07) is 0. The van der Waals surface area contributed by atoms with Crippen LogP contribution in [0.5, 0.6) is 0 Å². The van der Waals surface area contributed by atoms with Crippen LogP contribution < -0.4 is 0 Å². The Bertz CT molecular complexity index is 61.4. The maximum atomic E-state index is 7.75. The molecule has 0 unspecified atom stereocenters. The summed E-state index contributed by atoms with van der Waals surface area (Å²) >= 11 is 0. The Hall–Kier alpha value is 1.43. The van der Waals surface area contributed by atoms with Crippen LogP contribution in [-0.4, -0.2) is 31.5 Å². The molecule has 0 aliphatic rings. The van der Waals surface area contributed by atoms with Crippen LogP contribution >= 0.6 is 21.6 Å². The zero-order valence-electron chi connectivity index (χ0n) is 7.32. The van der Waals surface area contributed by atoms with E-state index in [0.29, 0.717) is 0 Å². The molecule has 0 fully saturated rings. The van der Waals surface area contributed by atoms with Gasteiger partial charge in [0.25, 0.3) is 0 Å². The monoisotopic (exact) mass is 283 g/mol. The summed E-state index contributed by atoms with van der Waals surface area (Å²) in [7, 11) is 3.61. The van der Waals surface area contributed by atoms with Gasteiger partial charge in [0.1, 0.15) is 0 Å². The van der Waals surface area contributed by atoms with Gasteiger partial charge >= 0.3 is 0 Å². The molecule has 0 rings (SSSR count). The molecule has 2 nitrogen and oxygen atoms in total. The quantitative estimate of drug-likeness (QED) is 0.322. The van der Waals surface area contributed by atoms with Crippen molar-refractivity contribution in [3.63, 3.8) is 0 Å². The van der Waals surface area contributed by atoms with E-state index in [1.807, 2.05) is 17.7 Å². The molecule has 0 aliphatic carbocycles. The van der Waals surface area contributed by atoms with E-state index in [-0.39, 0.29) is 32.7 Å². The van der Waals surface area contributed by atoms with Gasteiger partial charge < -0.3 is 16.5 Å². The minimum absolute atomic E-state index is 0. The second-order valence-corrected chi connectivity index (χ2v) is 4.04. The van der Waals surface area contributed by atoms with Gasteiger partial charge in [-0.1, -0.05) is 10.8 Å². The van der Waals surface area contributed by atoms with Gasteiger partial charge in [0.15, 0.2) is 0 Å². The second kappa shape index (κ2) is 22.9. The minimum atomic E-state index is 0. The third kappa shape index (κ3) is 22.5. The number of hydrogen-bond donors (Lipinski definition) is 0. The molecule has 0 amide bonds. The van der Waals surface area contributed by atoms with Crippen molar-refractivity contribution in [1.29, 1.82) is 0 Å². The van der Waals surface area contributed by atoms with Crippen molar-refractivity contribution in [2.45, 2.75) is 6.92 Å². The first-order valence-corrected chi connectivity index (χ1v) is 5.75. The molecule has 0 aromatic carbocycles. The molecule has 0 aromatic rings. The Morgan fingerprint density at radius 2 is 2.00 bits per heavy atom. The van der Waals surface area contributed by atoms with E-state index in [1.165, 1.54) is 0 Å². The molecule has 71 valence electrons. The van der Waals surface area contributed by atoms with Crippen LogP contribution in [0.15, 0.2) is 0 Å². The molecule has 1 radical (unpaired) electrons. The van der Waals surface area contributed by atoms with Gasteiger partial charge in [0.05, 0.1) is 6.61 Å². The fourth-order valence-electron chi connectivity index (χ4n) is 0.355. The molecule has 0 heterocycles. The summed E-state index contributed by atoms with van der Waals surface area (Å²) in [5.41, 5.74) is 0. The maximum absolute atomic E-state index is 7.75. The van der Waals surface area contributed by atoms with Crippen molar-refractivity contribution in [1.82, 2.24) is 0 Å². The number of ether oxygens (including phenoxy) is 1. The van der Waals surface area contributed by atoms with E-state index in [9.17, 15) is 0 Å². The molecule has 5 heteroatoms. The van der Waals surface area contributed by atoms with Crippen molar-refractivity contribution in [3.8, 4) is 0 Å². The molecule has 0 aromatic heterocycles. The van der Waals surface area contributed by atoms with E-state index >= 15 is 0 Å². The largest absolute Gasteiger partial charge is 0.545 e. The molecule has 0 aliphatic heterocycles. The zero-order chi connectivity index (χ0) is 8.95. The first kappa shape index (κ1) is 19.1. The smallest absolute Gasteiger partial charge is 0.0564 e. The molecule has 0 spiro atoms. The second-order valence-electron chi connectivity index (χ2n) is 1.34. The Labute approximate surface area is 108 Å². The van der Waals surface area contributed by atoms with Gasteiger partial charge in [-0.3, -0.25) is 6.79 Å². The molecular formula is C7H14O2S2Y-2. The van der Waals surface area contributed by atoms with E-state index < -0.39 is 0 Å². The van der Waals surface area contributed by atoms with Crippen molar-refractivity contribution < 1.29 is 42.2 Å². The Balaban J connectivity index is -0.000000249. The molecule has 0 saturated carbocycles. The van der Waals surface area contributed by atoms with Gasteiger partial charge in [-0.25, -0.2) is 0 Å². The third-order valence-electron chi connectivity index (χ3n) is 0.682. The Kier molecular flexibility index (Phi) is 36.3. The molecule has 0 atom stereocenters. The molecule has 12 heavy (non-hydrogen) atoms. The summed E-state index contributed by atoms with van der Waals surface area (Å²) in [6.45, 7) is 10.7. The van der Waals surface area contributed by atoms with Gasteiger partial charge in [0.2, 0.25) is 0 Å². The Morgan fingerprint density at radius 3 is 2.42 bits per heavy atom. The topological polar surface area (TPSA) is 26.3 Å². The maximum Gasteiger partial charge on any atom is 0.0564 e. The number of hydrogen-bond acceptors (Lipinski definition) is 4. The number of carbonyl (C=O) groups excluding carboxylic acids is 1. The normalized spacial score (nSPS) is 7.83. The predicted molar refractivity (Wildman–Crippen MR) is 53.5 cm³/mol. The third-order valence-corrected chi connectivity index (χ3v) is 2.85. The fourth-order valence-corrected chi connectivity index (χ4v) is 1.69. The van der Waals surface area contributed by atoms with Gasteiger partial charge in [-0.05, 0) is 6.92 Å². The first-order chi connectivity index (χ1) is 5.41. The minimum Gasteiger partial charge on any atom is -0.545 e. The van der Waals surface area contributed by atoms with Crippen molar-refractivity contribution in [3.05, 3.63) is 6.92 Å². The van der Waals surface area contributed by atoms with Crippen LogP contribution in [0.3, 0.4) is 0 Å². The van der Waals surface area contributed by atoms with E-state index in [0.717, 1.165) is 24.7 Å². The van der Waals surface area contributed by atoms with Gasteiger partial charge in [-0.15, -0.1) is 16.5 Å². The van der Waals surface area contributed by atoms with Crippen molar-refractivity contribution in [2.75, 3.05) is 24.7 Å². The SMILES string of the molecule is [CH-]=O.[CH2-]CSSCCOCC.[Y]. The summed E-state index contributed by atoms with van der Waals surface area (Å²) < 4.78 is 5.13. The van der Waals surface area contributed by atoms with Gasteiger partial charge in [0, 0.05) is 45.1 Å². The van der Waals surface area contributed by atoms with Crippen LogP contribution in [0.2, 0.25) is 0 Å². The average molecular weight is 283 g/mol. The molecule has 0 saturated heterocycles. The van der Waals surface area contributed by atoms with Crippen LogP contribution in [-0.2, 0) is 42.2 Å². The van der Waals surface area contributed by atoms with E-state index in [4.69, 9.17) is 9.53 Å². The standard InChI is InChI=1S/C6H13OS2.CHO.Y/c1-3-7-5-6-9-8-4-2;1-2;/h2-6H2,1H3;1H;/q2*-1;. The molecule has 0 bridgehead atoms. The zero-order valence-corrected chi connectivity index (χ0v) is 11.8. The Morgan fingerprint density at radius 1 is 1.42 bits per heavy atom. The molecule has 0 N–H and O–H groups in total. The van der Waals surface area contributed by atoms with Crippen LogP contribution in [0.4, 0.5) is 0 Å². The van der Waals surface area contributed by atoms with Crippen LogP contribution in [0.25, 0.3) is 0 Å². The van der Waals surface area contributed by atoms with Crippen molar-refractivity contribution >= 4 is 28.4 Å². The van der Waals surface area contributed by atoms with Gasteiger partial charge in [-0.2, -0.15) is 0 Å². The summed E-state index contributed by atoms with van der Waals surface area (Å²) in [5, 5.41) is 0. The number of rotatable bonds is 6. The van der Waals surface area contributed by atoms with E-state index in [1.54, 1.807) is 10.8 Å². The van der Waals surface area contributed by atoms with Crippen molar-refractivity contribution in [2.24, 2.45) is 0 Å². The predicted octanol–water partition coefficient (Wildman–Crippen LogP) is 1.96. The summed E-state index contributed by atoms with van der Waals surface area (Å²) in [6.07, 6.45) is 0. The van der Waals surface area contributed by atoms with Crippen LogP contribution in [0, 0.1) is 6.92 Å². The summed E-state index contributed by atoms with van der Waals surface area (Å²) in [4.78, 5) is 7.75. The fraction of sp³-hybridized carbons (Fsp3) is 0.714. The van der Waals surface area contributed by atoms with Crippen LogP contribution in [0.1, 0.15) is 6.92 Å². The van der Waals surface area contributed by atoms with E-state index in [2.05, 4.69) is 13.7 Å². The average Bonchev–Trinajstić information content (AvgIpc) is 2.08. The molecular weight excluding hydrogens is 269 g/mol.